The summed E-state index contributed by atoms with van der Waals surface area (Å²) in [5.74, 6) is 0. The summed E-state index contributed by atoms with van der Waals surface area (Å²) in [7, 11) is 0. The third kappa shape index (κ3) is 4.97. The summed E-state index contributed by atoms with van der Waals surface area (Å²) < 4.78 is 5.99. The largest absolute Gasteiger partial charge is 0.373 e. The van der Waals surface area contributed by atoms with E-state index in [0.29, 0.717) is 6.10 Å². The van der Waals surface area contributed by atoms with Gasteiger partial charge in [-0.25, -0.2) is 0 Å². The van der Waals surface area contributed by atoms with E-state index in [4.69, 9.17) is 10.5 Å². The molecule has 0 aromatic rings. The first-order valence-electron chi connectivity index (χ1n) is 5.70. The van der Waals surface area contributed by atoms with Crippen LogP contribution in [0.2, 0.25) is 0 Å². The number of ether oxygens (including phenoxy) is 1. The molecule has 86 valence electrons. The monoisotopic (exact) mass is 201 g/mol. The molecule has 3 atom stereocenters. The molecule has 0 saturated carbocycles. The Labute approximate surface area is 89.2 Å². The Morgan fingerprint density at radius 3 is 2.00 bits per heavy atom. The van der Waals surface area contributed by atoms with E-state index >= 15 is 0 Å². The van der Waals surface area contributed by atoms with E-state index in [-0.39, 0.29) is 17.6 Å². The minimum atomic E-state index is 0.0920. The van der Waals surface area contributed by atoms with Gasteiger partial charge in [-0.15, -0.1) is 0 Å². The van der Waals surface area contributed by atoms with Crippen LogP contribution < -0.4 is 5.73 Å². The molecule has 0 fully saturated rings. The lowest BCUT2D eigenvalue weighted by molar-refractivity contribution is -0.0717. The molecule has 0 bridgehead atoms. The van der Waals surface area contributed by atoms with Gasteiger partial charge in [-0.2, -0.15) is 0 Å². The fraction of sp³-hybridized carbons (Fsp3) is 1.00. The van der Waals surface area contributed by atoms with E-state index in [0.717, 1.165) is 12.8 Å². The average molecular weight is 201 g/mol. The first-order valence-corrected chi connectivity index (χ1v) is 5.70. The van der Waals surface area contributed by atoms with Crippen LogP contribution >= 0.6 is 0 Å². The minimum absolute atomic E-state index is 0.0920. The van der Waals surface area contributed by atoms with Crippen molar-refractivity contribution in [3.8, 4) is 0 Å². The quantitative estimate of drug-likeness (QED) is 0.742. The number of nitrogens with two attached hydrogens (primary N) is 1. The van der Waals surface area contributed by atoms with Crippen LogP contribution in [0.25, 0.3) is 0 Å². The molecule has 0 spiro atoms. The summed E-state index contributed by atoms with van der Waals surface area (Å²) in [4.78, 5) is 0. The number of hydrogen-bond donors (Lipinski definition) is 1. The predicted molar refractivity (Wildman–Crippen MR) is 62.3 cm³/mol. The first-order chi connectivity index (χ1) is 6.29. The van der Waals surface area contributed by atoms with Crippen molar-refractivity contribution >= 4 is 0 Å². The second-order valence-electron chi connectivity index (χ2n) is 5.38. The molecule has 0 heterocycles. The molecule has 0 aliphatic carbocycles. The van der Waals surface area contributed by atoms with Crippen molar-refractivity contribution in [2.24, 2.45) is 11.1 Å². The Morgan fingerprint density at radius 1 is 1.21 bits per heavy atom. The predicted octanol–water partition coefficient (Wildman–Crippen LogP) is 2.95. The molecular weight excluding hydrogens is 174 g/mol. The smallest absolute Gasteiger partial charge is 0.0774 e. The summed E-state index contributed by atoms with van der Waals surface area (Å²) in [6.07, 6.45) is 2.73. The molecule has 0 saturated heterocycles. The molecular formula is C12H27NO. The van der Waals surface area contributed by atoms with E-state index < -0.39 is 0 Å². The van der Waals surface area contributed by atoms with Crippen LogP contribution in [0.1, 0.15) is 54.4 Å². The lowest BCUT2D eigenvalue weighted by Crippen LogP contribution is -2.45. The normalized spacial score (nSPS) is 19.1. The van der Waals surface area contributed by atoms with E-state index in [1.165, 1.54) is 0 Å². The summed E-state index contributed by atoms with van der Waals surface area (Å²) in [5, 5.41) is 0. The number of rotatable bonds is 5. The van der Waals surface area contributed by atoms with Gasteiger partial charge in [0.1, 0.15) is 0 Å². The fourth-order valence-corrected chi connectivity index (χ4v) is 1.84. The highest BCUT2D eigenvalue weighted by Crippen LogP contribution is 2.26. The van der Waals surface area contributed by atoms with Crippen LogP contribution in [-0.4, -0.2) is 18.2 Å². The van der Waals surface area contributed by atoms with Crippen LogP contribution in [0, 0.1) is 5.41 Å². The van der Waals surface area contributed by atoms with E-state index in [1.54, 1.807) is 0 Å². The minimum Gasteiger partial charge on any atom is -0.373 e. The third-order valence-corrected chi connectivity index (χ3v) is 2.41. The van der Waals surface area contributed by atoms with Gasteiger partial charge in [-0.1, -0.05) is 34.1 Å². The van der Waals surface area contributed by atoms with Crippen molar-refractivity contribution in [1.82, 2.24) is 0 Å². The van der Waals surface area contributed by atoms with E-state index in [1.807, 2.05) is 6.92 Å². The third-order valence-electron chi connectivity index (χ3n) is 2.41. The van der Waals surface area contributed by atoms with Crippen LogP contribution in [0.15, 0.2) is 0 Å². The molecule has 0 aromatic carbocycles. The van der Waals surface area contributed by atoms with Crippen LogP contribution in [0.3, 0.4) is 0 Å². The van der Waals surface area contributed by atoms with E-state index in [9.17, 15) is 0 Å². The zero-order valence-electron chi connectivity index (χ0n) is 10.6. The molecule has 0 aliphatic heterocycles. The molecule has 3 unspecified atom stereocenters. The Morgan fingerprint density at radius 2 is 1.71 bits per heavy atom. The molecule has 0 amide bonds. The molecule has 0 aliphatic rings. The van der Waals surface area contributed by atoms with Gasteiger partial charge in [0.05, 0.1) is 12.2 Å². The SMILES string of the molecule is CCCC(C)OC(C(C)N)C(C)(C)C. The molecule has 0 radical (unpaired) electrons. The molecule has 0 aromatic heterocycles. The zero-order chi connectivity index (χ0) is 11.4. The van der Waals surface area contributed by atoms with Crippen molar-refractivity contribution < 1.29 is 4.74 Å². The summed E-state index contributed by atoms with van der Waals surface area (Å²) >= 11 is 0. The van der Waals surface area contributed by atoms with Crippen LogP contribution in [0.5, 0.6) is 0 Å². The molecule has 2 N–H and O–H groups in total. The second kappa shape index (κ2) is 5.72. The Bertz CT molecular complexity index is 149. The van der Waals surface area contributed by atoms with Crippen molar-refractivity contribution in [2.45, 2.75) is 72.6 Å². The lowest BCUT2D eigenvalue weighted by atomic mass is 9.85. The molecule has 2 heteroatoms. The van der Waals surface area contributed by atoms with Gasteiger partial charge in [0, 0.05) is 6.04 Å². The second-order valence-corrected chi connectivity index (χ2v) is 5.38. The average Bonchev–Trinajstić information content (AvgIpc) is 1.98. The fourth-order valence-electron chi connectivity index (χ4n) is 1.84. The zero-order valence-corrected chi connectivity index (χ0v) is 10.6. The Balaban J connectivity index is 4.24. The molecule has 0 rings (SSSR count). The van der Waals surface area contributed by atoms with Gasteiger partial charge in [0.2, 0.25) is 0 Å². The highest BCUT2D eigenvalue weighted by Gasteiger charge is 2.29. The van der Waals surface area contributed by atoms with Crippen molar-refractivity contribution in [3.05, 3.63) is 0 Å². The number of hydrogen-bond acceptors (Lipinski definition) is 2. The van der Waals surface area contributed by atoms with Gasteiger partial charge in [-0.3, -0.25) is 0 Å². The highest BCUT2D eigenvalue weighted by atomic mass is 16.5. The van der Waals surface area contributed by atoms with Gasteiger partial charge < -0.3 is 10.5 Å². The molecule has 14 heavy (non-hydrogen) atoms. The van der Waals surface area contributed by atoms with Crippen molar-refractivity contribution in [3.63, 3.8) is 0 Å². The maximum Gasteiger partial charge on any atom is 0.0774 e. The maximum atomic E-state index is 5.99. The Hall–Kier alpha value is -0.0800. The summed E-state index contributed by atoms with van der Waals surface area (Å²) in [6, 6.07) is 0.0920. The van der Waals surface area contributed by atoms with Crippen LogP contribution in [0.4, 0.5) is 0 Å². The van der Waals surface area contributed by atoms with Gasteiger partial charge in [0.25, 0.3) is 0 Å². The Kier molecular flexibility index (Phi) is 5.68. The summed E-state index contributed by atoms with van der Waals surface area (Å²) in [6.45, 7) is 12.9. The van der Waals surface area contributed by atoms with Crippen LogP contribution in [-0.2, 0) is 4.74 Å². The van der Waals surface area contributed by atoms with Gasteiger partial charge in [-0.05, 0) is 25.7 Å². The van der Waals surface area contributed by atoms with E-state index in [2.05, 4.69) is 34.6 Å². The van der Waals surface area contributed by atoms with Crippen molar-refractivity contribution in [1.29, 1.82) is 0 Å². The topological polar surface area (TPSA) is 35.2 Å². The first kappa shape index (κ1) is 13.9. The standard InChI is InChI=1S/C12H27NO/c1-7-8-9(2)14-11(10(3)13)12(4,5)6/h9-11H,7-8,13H2,1-6H3. The van der Waals surface area contributed by atoms with Crippen molar-refractivity contribution in [2.75, 3.05) is 0 Å². The van der Waals surface area contributed by atoms with Gasteiger partial charge in [0.15, 0.2) is 0 Å². The molecule has 2 nitrogen and oxygen atoms in total. The highest BCUT2D eigenvalue weighted by molar-refractivity contribution is 4.82. The van der Waals surface area contributed by atoms with Gasteiger partial charge >= 0.3 is 0 Å². The summed E-state index contributed by atoms with van der Waals surface area (Å²) in [5.41, 5.74) is 6.06. The maximum absolute atomic E-state index is 5.99. The lowest BCUT2D eigenvalue weighted by Gasteiger charge is -2.35.